The molecular weight excluding hydrogens is 727 g/mol. The molecule has 3 aliphatic heterocycles. The Kier molecular flexibility index (Phi) is 7.16. The van der Waals surface area contributed by atoms with E-state index in [0.717, 1.165) is 95.7 Å². The van der Waals surface area contributed by atoms with E-state index in [4.69, 9.17) is 18.3 Å². The van der Waals surface area contributed by atoms with Gasteiger partial charge in [-0.2, -0.15) is 0 Å². The Hall–Kier alpha value is -7.12. The van der Waals surface area contributed by atoms with E-state index in [1.807, 2.05) is 30.3 Å². The van der Waals surface area contributed by atoms with Crippen LogP contribution in [0.2, 0.25) is 0 Å². The van der Waals surface area contributed by atoms with Gasteiger partial charge in [-0.15, -0.1) is 0 Å². The van der Waals surface area contributed by atoms with Crippen LogP contribution in [0.4, 0.5) is 34.1 Å². The second kappa shape index (κ2) is 12.4. The number of nitrogens with zero attached hydrogens (tertiary/aromatic N) is 2. The maximum absolute atomic E-state index is 6.50. The van der Waals surface area contributed by atoms with Crippen LogP contribution >= 0.6 is 0 Å². The second-order valence-electron chi connectivity index (χ2n) is 17.0. The van der Waals surface area contributed by atoms with Crippen molar-refractivity contribution >= 4 is 79.2 Å². The van der Waals surface area contributed by atoms with Gasteiger partial charge in [0.25, 0.3) is 6.71 Å². The highest BCUT2D eigenvalue weighted by molar-refractivity contribution is 7.00. The van der Waals surface area contributed by atoms with E-state index in [0.29, 0.717) is 0 Å². The SMILES string of the molecule is Cc1cc2c3c(c1)N(c1ccc(C(C)(C)C)cc1)c1cc4c(cc1B3c1cc(-c3cc5ccccc5o3)ccc1N2c1ccc(-c2cc3ccccc3o2)cc1)OCO4. The number of hydrogen-bond acceptors (Lipinski definition) is 6. The molecule has 0 N–H and O–H groups in total. The van der Waals surface area contributed by atoms with E-state index >= 15 is 0 Å². The van der Waals surface area contributed by atoms with Gasteiger partial charge in [-0.05, 0) is 131 Å². The lowest BCUT2D eigenvalue weighted by Crippen LogP contribution is -2.61. The molecule has 5 heterocycles. The Bertz CT molecular complexity index is 3090. The van der Waals surface area contributed by atoms with Gasteiger partial charge in [-0.3, -0.25) is 0 Å². The number of hydrogen-bond donors (Lipinski definition) is 0. The molecular formula is C52H39BN2O4. The topological polar surface area (TPSA) is 51.2 Å². The summed E-state index contributed by atoms with van der Waals surface area (Å²) in [6.07, 6.45) is 0. The summed E-state index contributed by atoms with van der Waals surface area (Å²) in [6, 6.07) is 54.3. The Morgan fingerprint density at radius 3 is 1.68 bits per heavy atom. The summed E-state index contributed by atoms with van der Waals surface area (Å²) in [7, 11) is 0. The van der Waals surface area contributed by atoms with Crippen LogP contribution in [0.15, 0.2) is 160 Å². The van der Waals surface area contributed by atoms with Gasteiger partial charge in [-0.25, -0.2) is 0 Å². The molecule has 6 nitrogen and oxygen atoms in total. The first-order chi connectivity index (χ1) is 28.7. The standard InChI is InChI=1S/C52H39BN2O4/c1-31-23-43-51-44(24-31)55(38-20-16-36(17-21-38)52(2,3)4)42-29-50-49(56-30-57-50)28-40(42)53(51)39-25-35(48-27-34-10-6-8-12-46(34)59-48)15-22-41(39)54(43)37-18-13-32(14-19-37)47-26-33-9-5-7-11-45(33)58-47/h5-29H,30H2,1-4H3. The smallest absolute Gasteiger partial charge is 0.252 e. The fourth-order valence-corrected chi connectivity index (χ4v) is 9.37. The number of rotatable bonds is 4. The van der Waals surface area contributed by atoms with Gasteiger partial charge in [-0.1, -0.05) is 75.4 Å². The van der Waals surface area contributed by atoms with Crippen molar-refractivity contribution in [1.82, 2.24) is 0 Å². The van der Waals surface area contributed by atoms with Gasteiger partial charge in [0.15, 0.2) is 11.5 Å². The average Bonchev–Trinajstić information content (AvgIpc) is 4.01. The zero-order chi connectivity index (χ0) is 39.6. The van der Waals surface area contributed by atoms with E-state index < -0.39 is 0 Å². The molecule has 3 aliphatic rings. The Labute approximate surface area is 342 Å². The van der Waals surface area contributed by atoms with Crippen molar-refractivity contribution in [2.45, 2.75) is 33.1 Å². The molecule has 0 fully saturated rings. The van der Waals surface area contributed by atoms with E-state index in [2.05, 4.69) is 159 Å². The minimum Gasteiger partial charge on any atom is -0.456 e. The van der Waals surface area contributed by atoms with E-state index in [1.54, 1.807) is 0 Å². The quantitative estimate of drug-likeness (QED) is 0.166. The summed E-state index contributed by atoms with van der Waals surface area (Å²) in [5.74, 6) is 3.22. The van der Waals surface area contributed by atoms with Gasteiger partial charge >= 0.3 is 0 Å². The summed E-state index contributed by atoms with van der Waals surface area (Å²) >= 11 is 0. The molecule has 7 heteroatoms. The highest BCUT2D eigenvalue weighted by Gasteiger charge is 2.44. The summed E-state index contributed by atoms with van der Waals surface area (Å²) in [6.45, 7) is 9.07. The van der Waals surface area contributed by atoms with Gasteiger partial charge in [0.2, 0.25) is 6.79 Å². The molecule has 0 radical (unpaired) electrons. The Balaban J connectivity index is 1.10. The first-order valence-electron chi connectivity index (χ1n) is 20.3. The molecule has 0 saturated carbocycles. The predicted octanol–water partition coefficient (Wildman–Crippen LogP) is 11.9. The predicted molar refractivity (Wildman–Crippen MR) is 240 cm³/mol. The summed E-state index contributed by atoms with van der Waals surface area (Å²) in [5.41, 5.74) is 16.5. The largest absolute Gasteiger partial charge is 0.456 e. The van der Waals surface area contributed by atoms with Gasteiger partial charge < -0.3 is 28.1 Å². The fraction of sp³-hybridized carbons (Fsp3) is 0.115. The second-order valence-corrected chi connectivity index (χ2v) is 17.0. The number of anilines is 6. The molecule has 0 saturated heterocycles. The lowest BCUT2D eigenvalue weighted by atomic mass is 9.33. The molecule has 0 amide bonds. The highest BCUT2D eigenvalue weighted by atomic mass is 16.7. The van der Waals surface area contributed by atoms with Crippen molar-refractivity contribution in [3.8, 4) is 34.1 Å². The molecule has 0 unspecified atom stereocenters. The molecule has 2 aromatic heterocycles. The van der Waals surface area contributed by atoms with Crippen LogP contribution in [-0.4, -0.2) is 13.5 Å². The van der Waals surface area contributed by atoms with Crippen molar-refractivity contribution in [3.63, 3.8) is 0 Å². The molecule has 0 spiro atoms. The van der Waals surface area contributed by atoms with E-state index in [-0.39, 0.29) is 18.9 Å². The van der Waals surface area contributed by atoms with Crippen molar-refractivity contribution in [2.75, 3.05) is 16.6 Å². The van der Waals surface area contributed by atoms with Crippen LogP contribution in [0.25, 0.3) is 44.6 Å². The number of ether oxygens (including phenoxy) is 2. The number of benzene rings is 7. The molecule has 284 valence electrons. The molecule has 0 aliphatic carbocycles. The highest BCUT2D eigenvalue weighted by Crippen LogP contribution is 2.48. The van der Waals surface area contributed by atoms with Crippen molar-refractivity contribution in [3.05, 3.63) is 163 Å². The zero-order valence-corrected chi connectivity index (χ0v) is 33.2. The minimum atomic E-state index is -0.111. The van der Waals surface area contributed by atoms with Crippen LogP contribution in [0.3, 0.4) is 0 Å². The van der Waals surface area contributed by atoms with Gasteiger partial charge in [0, 0.05) is 62.1 Å². The molecule has 9 aromatic rings. The van der Waals surface area contributed by atoms with Crippen molar-refractivity contribution in [1.29, 1.82) is 0 Å². The van der Waals surface area contributed by atoms with Crippen LogP contribution in [-0.2, 0) is 5.41 Å². The molecule has 0 bridgehead atoms. The van der Waals surface area contributed by atoms with Crippen molar-refractivity contribution < 1.29 is 18.3 Å². The van der Waals surface area contributed by atoms with Crippen LogP contribution < -0.4 is 35.7 Å². The first-order valence-corrected chi connectivity index (χ1v) is 20.3. The van der Waals surface area contributed by atoms with E-state index in [9.17, 15) is 0 Å². The molecule has 59 heavy (non-hydrogen) atoms. The molecule has 7 aromatic carbocycles. The maximum atomic E-state index is 6.50. The van der Waals surface area contributed by atoms with Gasteiger partial charge in [0.1, 0.15) is 22.7 Å². The number of aryl methyl sites for hydroxylation is 1. The molecule has 12 rings (SSSR count). The van der Waals surface area contributed by atoms with E-state index in [1.165, 1.54) is 22.1 Å². The normalized spacial score (nSPS) is 13.9. The van der Waals surface area contributed by atoms with Crippen LogP contribution in [0, 0.1) is 6.92 Å². The first kappa shape index (κ1) is 34.0. The molecule has 0 atom stereocenters. The number of furan rings is 2. The van der Waals surface area contributed by atoms with Gasteiger partial charge in [0.05, 0.1) is 0 Å². The minimum absolute atomic E-state index is 0.0274. The Morgan fingerprint density at radius 2 is 1.05 bits per heavy atom. The summed E-state index contributed by atoms with van der Waals surface area (Å²) in [5, 5.41) is 2.17. The Morgan fingerprint density at radius 1 is 0.508 bits per heavy atom. The number of fused-ring (bicyclic) bond motifs is 7. The summed E-state index contributed by atoms with van der Waals surface area (Å²) in [4.78, 5) is 4.85. The lowest BCUT2D eigenvalue weighted by Gasteiger charge is -2.44. The zero-order valence-electron chi connectivity index (χ0n) is 33.2. The summed E-state index contributed by atoms with van der Waals surface area (Å²) < 4.78 is 25.0. The fourth-order valence-electron chi connectivity index (χ4n) is 9.37. The third kappa shape index (κ3) is 5.27. The average molecular weight is 767 g/mol. The van der Waals surface area contributed by atoms with Crippen LogP contribution in [0.1, 0.15) is 31.9 Å². The maximum Gasteiger partial charge on any atom is 0.252 e. The lowest BCUT2D eigenvalue weighted by molar-refractivity contribution is 0.174. The van der Waals surface area contributed by atoms with Crippen molar-refractivity contribution in [2.24, 2.45) is 0 Å². The monoisotopic (exact) mass is 766 g/mol. The van der Waals surface area contributed by atoms with Crippen LogP contribution in [0.5, 0.6) is 11.5 Å². The third-order valence-electron chi connectivity index (χ3n) is 12.2. The number of para-hydroxylation sites is 2. The third-order valence-corrected chi connectivity index (χ3v) is 12.2.